The topological polar surface area (TPSA) is 100 Å². The van der Waals surface area contributed by atoms with E-state index < -0.39 is 9.84 Å². The molecule has 2 aromatic heterocycles. The molecule has 0 bridgehead atoms. The normalized spacial score (nSPS) is 15.6. The van der Waals surface area contributed by atoms with Crippen LogP contribution in [0.5, 0.6) is 0 Å². The molecule has 0 aliphatic carbocycles. The van der Waals surface area contributed by atoms with Crippen LogP contribution in [0.25, 0.3) is 22.2 Å². The van der Waals surface area contributed by atoms with Crippen molar-refractivity contribution in [1.82, 2.24) is 24.3 Å². The molecule has 3 aromatic rings. The lowest BCUT2D eigenvalue weighted by atomic mass is 10.1. The number of piperazine rings is 1. The van der Waals surface area contributed by atoms with Gasteiger partial charge in [0.2, 0.25) is 0 Å². The minimum absolute atomic E-state index is 0.102. The van der Waals surface area contributed by atoms with Crippen molar-refractivity contribution < 1.29 is 8.42 Å². The van der Waals surface area contributed by atoms with Crippen LogP contribution in [-0.2, 0) is 16.9 Å². The van der Waals surface area contributed by atoms with Crippen LogP contribution in [0.3, 0.4) is 0 Å². The molecule has 1 saturated heterocycles. The van der Waals surface area contributed by atoms with Crippen LogP contribution >= 0.6 is 0 Å². The molecule has 0 saturated carbocycles. The summed E-state index contributed by atoms with van der Waals surface area (Å²) in [6.07, 6.45) is 1.49. The Bertz CT molecular complexity index is 1310. The first-order chi connectivity index (χ1) is 16.3. The molecule has 0 amide bonds. The number of fused-ring (bicyclic) bond motifs is 1. The van der Waals surface area contributed by atoms with E-state index in [1.807, 2.05) is 6.92 Å². The van der Waals surface area contributed by atoms with E-state index in [0.29, 0.717) is 40.4 Å². The van der Waals surface area contributed by atoms with Crippen molar-refractivity contribution in [2.24, 2.45) is 7.05 Å². The SMILES string of the molecule is CCNc1nc(-c2ccc(S(=O)(=O)CCN3CCN(CC)CC3)cc2)cc2ncn(C)c(=O)c12. The lowest BCUT2D eigenvalue weighted by molar-refractivity contribution is 0.143. The average Bonchev–Trinajstić information content (AvgIpc) is 2.85. The van der Waals surface area contributed by atoms with Crippen molar-refractivity contribution in [2.75, 3.05) is 56.9 Å². The van der Waals surface area contributed by atoms with Gasteiger partial charge in [-0.2, -0.15) is 0 Å². The maximum absolute atomic E-state index is 12.9. The van der Waals surface area contributed by atoms with Gasteiger partial charge in [-0.05, 0) is 31.7 Å². The summed E-state index contributed by atoms with van der Waals surface area (Å²) >= 11 is 0. The van der Waals surface area contributed by atoms with Crippen LogP contribution in [0.1, 0.15) is 13.8 Å². The lowest BCUT2D eigenvalue weighted by Crippen LogP contribution is -2.47. The molecule has 1 aliphatic rings. The van der Waals surface area contributed by atoms with Crippen LogP contribution in [0.15, 0.2) is 46.3 Å². The van der Waals surface area contributed by atoms with E-state index >= 15 is 0 Å². The summed E-state index contributed by atoms with van der Waals surface area (Å²) in [4.78, 5) is 26.5. The Balaban J connectivity index is 1.54. The van der Waals surface area contributed by atoms with Gasteiger partial charge >= 0.3 is 0 Å². The van der Waals surface area contributed by atoms with E-state index in [2.05, 4.69) is 32.0 Å². The Hall–Kier alpha value is -2.82. The Morgan fingerprint density at radius 2 is 1.71 bits per heavy atom. The highest BCUT2D eigenvalue weighted by Crippen LogP contribution is 2.26. The summed E-state index contributed by atoms with van der Waals surface area (Å²) in [5, 5.41) is 3.59. The number of hydrogen-bond donors (Lipinski definition) is 1. The fourth-order valence-electron chi connectivity index (χ4n) is 4.19. The summed E-state index contributed by atoms with van der Waals surface area (Å²) in [5.41, 5.74) is 1.77. The predicted octanol–water partition coefficient (Wildman–Crippen LogP) is 1.84. The largest absolute Gasteiger partial charge is 0.370 e. The first-order valence-electron chi connectivity index (χ1n) is 11.7. The van der Waals surface area contributed by atoms with Gasteiger partial charge in [-0.25, -0.2) is 18.4 Å². The monoisotopic (exact) mass is 484 g/mol. The van der Waals surface area contributed by atoms with Gasteiger partial charge in [-0.3, -0.25) is 9.69 Å². The zero-order valence-electron chi connectivity index (χ0n) is 20.0. The smallest absolute Gasteiger partial charge is 0.264 e. The maximum atomic E-state index is 12.9. The van der Waals surface area contributed by atoms with Crippen molar-refractivity contribution in [2.45, 2.75) is 18.7 Å². The molecular weight excluding hydrogens is 452 g/mol. The third-order valence-corrected chi connectivity index (χ3v) is 8.06. The molecule has 1 fully saturated rings. The number of anilines is 1. The number of benzene rings is 1. The molecule has 10 heteroatoms. The lowest BCUT2D eigenvalue weighted by Gasteiger charge is -2.33. The van der Waals surface area contributed by atoms with Crippen molar-refractivity contribution in [3.63, 3.8) is 0 Å². The second-order valence-corrected chi connectivity index (χ2v) is 10.7. The zero-order chi connectivity index (χ0) is 24.3. The minimum Gasteiger partial charge on any atom is -0.370 e. The van der Waals surface area contributed by atoms with Crippen LogP contribution < -0.4 is 10.9 Å². The number of rotatable bonds is 8. The minimum atomic E-state index is -3.38. The quantitative estimate of drug-likeness (QED) is 0.517. The number of hydrogen-bond acceptors (Lipinski definition) is 8. The Morgan fingerprint density at radius 1 is 1.03 bits per heavy atom. The summed E-state index contributed by atoms with van der Waals surface area (Å²) in [6, 6.07) is 8.55. The van der Waals surface area contributed by atoms with Gasteiger partial charge < -0.3 is 14.8 Å². The molecule has 182 valence electrons. The van der Waals surface area contributed by atoms with Crippen LogP contribution in [0, 0.1) is 0 Å². The van der Waals surface area contributed by atoms with E-state index in [0.717, 1.165) is 38.3 Å². The van der Waals surface area contributed by atoms with Gasteiger partial charge in [-0.15, -0.1) is 0 Å². The van der Waals surface area contributed by atoms with E-state index in [4.69, 9.17) is 0 Å². The van der Waals surface area contributed by atoms with Crippen LogP contribution in [0.2, 0.25) is 0 Å². The molecule has 3 heterocycles. The third kappa shape index (κ3) is 5.13. The highest BCUT2D eigenvalue weighted by atomic mass is 32.2. The second kappa shape index (κ2) is 10.2. The molecule has 1 aromatic carbocycles. The van der Waals surface area contributed by atoms with E-state index in [1.165, 1.54) is 10.9 Å². The highest BCUT2D eigenvalue weighted by Gasteiger charge is 2.20. The van der Waals surface area contributed by atoms with Gasteiger partial charge in [0, 0.05) is 51.9 Å². The van der Waals surface area contributed by atoms with Crippen molar-refractivity contribution in [3.8, 4) is 11.3 Å². The number of likely N-dealkylation sites (N-methyl/N-ethyl adjacent to an activating group) is 1. The fourth-order valence-corrected chi connectivity index (χ4v) is 5.48. The molecule has 4 rings (SSSR count). The van der Waals surface area contributed by atoms with Gasteiger partial charge in [0.25, 0.3) is 5.56 Å². The molecular formula is C24H32N6O3S. The maximum Gasteiger partial charge on any atom is 0.264 e. The molecule has 0 spiro atoms. The summed E-state index contributed by atoms with van der Waals surface area (Å²) in [7, 11) is -1.73. The Kier molecular flexibility index (Phi) is 7.30. The Morgan fingerprint density at radius 3 is 2.35 bits per heavy atom. The van der Waals surface area contributed by atoms with Crippen molar-refractivity contribution in [3.05, 3.63) is 47.0 Å². The van der Waals surface area contributed by atoms with Crippen molar-refractivity contribution in [1.29, 1.82) is 0 Å². The van der Waals surface area contributed by atoms with Crippen LogP contribution in [-0.4, -0.2) is 84.3 Å². The number of pyridine rings is 1. The number of nitrogens with one attached hydrogen (secondary N) is 1. The zero-order valence-corrected chi connectivity index (χ0v) is 20.8. The number of sulfone groups is 1. The number of nitrogens with zero attached hydrogens (tertiary/aromatic N) is 5. The number of aryl methyl sites for hydroxylation is 1. The van der Waals surface area contributed by atoms with Gasteiger partial charge in [0.05, 0.1) is 28.2 Å². The summed E-state index contributed by atoms with van der Waals surface area (Å²) in [5.74, 6) is 0.577. The van der Waals surface area contributed by atoms with E-state index in [9.17, 15) is 13.2 Å². The van der Waals surface area contributed by atoms with E-state index in [-0.39, 0.29) is 11.3 Å². The molecule has 0 unspecified atom stereocenters. The standard InChI is InChI=1S/C24H32N6O3S/c1-4-25-23-22-21(26-17-28(3)24(22)31)16-20(27-23)18-6-8-19(9-7-18)34(32,33)15-14-30-12-10-29(5-2)11-13-30/h6-9,16-17H,4-5,10-15H2,1-3H3,(H,25,27). The predicted molar refractivity (Wildman–Crippen MR) is 135 cm³/mol. The van der Waals surface area contributed by atoms with Gasteiger partial charge in [-0.1, -0.05) is 19.1 Å². The first-order valence-corrected chi connectivity index (χ1v) is 13.4. The molecule has 0 radical (unpaired) electrons. The summed E-state index contributed by atoms with van der Waals surface area (Å²) in [6.45, 7) is 10.0. The van der Waals surface area contributed by atoms with Crippen LogP contribution in [0.4, 0.5) is 5.82 Å². The highest BCUT2D eigenvalue weighted by molar-refractivity contribution is 7.91. The summed E-state index contributed by atoms with van der Waals surface area (Å²) < 4.78 is 27.3. The first kappa shape index (κ1) is 24.3. The molecule has 34 heavy (non-hydrogen) atoms. The fraction of sp³-hybridized carbons (Fsp3) is 0.458. The second-order valence-electron chi connectivity index (χ2n) is 8.56. The molecule has 0 atom stereocenters. The van der Waals surface area contributed by atoms with Gasteiger partial charge in [0.1, 0.15) is 11.2 Å². The molecule has 1 aliphatic heterocycles. The average molecular weight is 485 g/mol. The van der Waals surface area contributed by atoms with Crippen molar-refractivity contribution >= 4 is 26.6 Å². The molecule has 1 N–H and O–H groups in total. The third-order valence-electron chi connectivity index (χ3n) is 6.34. The van der Waals surface area contributed by atoms with Gasteiger partial charge in [0.15, 0.2) is 9.84 Å². The van der Waals surface area contributed by atoms with E-state index in [1.54, 1.807) is 37.4 Å². The Labute approximate surface area is 200 Å². The number of aromatic nitrogens is 3. The molecule has 9 nitrogen and oxygen atoms in total.